The van der Waals surface area contributed by atoms with E-state index in [0.29, 0.717) is 36.9 Å². The van der Waals surface area contributed by atoms with Crippen LogP contribution >= 0.6 is 22.9 Å². The molecule has 0 unspecified atom stereocenters. The van der Waals surface area contributed by atoms with Gasteiger partial charge in [-0.3, -0.25) is 9.59 Å². The first-order valence-corrected chi connectivity index (χ1v) is 8.18. The second-order valence-corrected chi connectivity index (χ2v) is 6.57. The fourth-order valence-electron chi connectivity index (χ4n) is 2.27. The highest BCUT2D eigenvalue weighted by Gasteiger charge is 2.27. The highest BCUT2D eigenvalue weighted by molar-refractivity contribution is 7.17. The number of ether oxygens (including phenoxy) is 1. The lowest BCUT2D eigenvalue weighted by molar-refractivity contribution is -0.150. The van der Waals surface area contributed by atoms with Crippen LogP contribution in [0.5, 0.6) is 0 Å². The van der Waals surface area contributed by atoms with Crippen LogP contribution in [0, 0.1) is 5.92 Å². The number of halogens is 1. The van der Waals surface area contributed by atoms with Crippen molar-refractivity contribution in [2.75, 3.05) is 19.7 Å². The van der Waals surface area contributed by atoms with Gasteiger partial charge in [-0.2, -0.15) is 0 Å². The van der Waals surface area contributed by atoms with Crippen LogP contribution in [0.4, 0.5) is 0 Å². The molecule has 1 amide bonds. The van der Waals surface area contributed by atoms with E-state index in [-0.39, 0.29) is 17.8 Å². The molecule has 0 spiro atoms. The quantitative estimate of drug-likeness (QED) is 0.630. The van der Waals surface area contributed by atoms with Gasteiger partial charge in [0.1, 0.15) is 0 Å². The summed E-state index contributed by atoms with van der Waals surface area (Å²) < 4.78 is 5.72. The first kappa shape index (κ1) is 16.0. The number of amides is 1. The van der Waals surface area contributed by atoms with Crippen LogP contribution in [0.15, 0.2) is 18.2 Å². The molecule has 2 heterocycles. The molecule has 0 saturated carbocycles. The lowest BCUT2D eigenvalue weighted by Gasteiger charge is -2.30. The van der Waals surface area contributed by atoms with E-state index in [4.69, 9.17) is 16.3 Å². The maximum absolute atomic E-state index is 12.1. The monoisotopic (exact) mass is 327 g/mol. The van der Waals surface area contributed by atoms with E-state index in [1.165, 1.54) is 11.3 Å². The summed E-state index contributed by atoms with van der Waals surface area (Å²) in [5.74, 6) is -0.246. The molecular formula is C15H18ClNO3S. The zero-order valence-electron chi connectivity index (χ0n) is 11.9. The summed E-state index contributed by atoms with van der Waals surface area (Å²) in [4.78, 5) is 26.4. The van der Waals surface area contributed by atoms with Gasteiger partial charge in [0.2, 0.25) is 5.91 Å². The molecule has 0 aliphatic carbocycles. The second-order valence-electron chi connectivity index (χ2n) is 4.83. The molecule has 1 aliphatic heterocycles. The number of rotatable bonds is 4. The maximum atomic E-state index is 12.1. The lowest BCUT2D eigenvalue weighted by Crippen LogP contribution is -2.39. The molecule has 1 fully saturated rings. The Hall–Kier alpha value is -1.33. The zero-order chi connectivity index (χ0) is 15.2. The van der Waals surface area contributed by atoms with Crippen LogP contribution in [0.3, 0.4) is 0 Å². The van der Waals surface area contributed by atoms with Gasteiger partial charge in [-0.05, 0) is 38.0 Å². The van der Waals surface area contributed by atoms with Crippen LogP contribution in [-0.2, 0) is 14.3 Å². The first-order valence-electron chi connectivity index (χ1n) is 6.99. The van der Waals surface area contributed by atoms with Gasteiger partial charge in [-0.25, -0.2) is 0 Å². The van der Waals surface area contributed by atoms with E-state index in [1.807, 2.05) is 6.07 Å². The number of piperidine rings is 1. The van der Waals surface area contributed by atoms with Gasteiger partial charge in [0.15, 0.2) is 0 Å². The Morgan fingerprint density at radius 2 is 2.14 bits per heavy atom. The third kappa shape index (κ3) is 4.58. The van der Waals surface area contributed by atoms with Crippen LogP contribution in [0.2, 0.25) is 4.34 Å². The minimum absolute atomic E-state index is 0.0261. The Balaban J connectivity index is 1.83. The molecule has 21 heavy (non-hydrogen) atoms. The molecule has 0 atom stereocenters. The second kappa shape index (κ2) is 7.61. The number of likely N-dealkylation sites (tertiary alicyclic amines) is 1. The molecule has 1 aromatic rings. The number of nitrogens with zero attached hydrogens (tertiary/aromatic N) is 1. The summed E-state index contributed by atoms with van der Waals surface area (Å²) in [5, 5.41) is 0. The van der Waals surface area contributed by atoms with Gasteiger partial charge in [-0.15, -0.1) is 11.3 Å². The van der Waals surface area contributed by atoms with Crippen LogP contribution in [0.25, 0.3) is 6.08 Å². The maximum Gasteiger partial charge on any atom is 0.309 e. The third-order valence-electron chi connectivity index (χ3n) is 3.41. The Kier molecular flexibility index (Phi) is 5.82. The smallest absolute Gasteiger partial charge is 0.309 e. The fourth-order valence-corrected chi connectivity index (χ4v) is 3.24. The highest BCUT2D eigenvalue weighted by Crippen LogP contribution is 2.23. The van der Waals surface area contributed by atoms with Crippen molar-refractivity contribution in [3.05, 3.63) is 27.4 Å². The van der Waals surface area contributed by atoms with E-state index in [0.717, 1.165) is 4.88 Å². The molecule has 114 valence electrons. The van der Waals surface area contributed by atoms with E-state index >= 15 is 0 Å². The highest BCUT2D eigenvalue weighted by atomic mass is 35.5. The number of hydrogen-bond acceptors (Lipinski definition) is 4. The number of thiophene rings is 1. The van der Waals surface area contributed by atoms with Gasteiger partial charge < -0.3 is 9.64 Å². The molecule has 2 rings (SSSR count). The Bertz CT molecular complexity index is 533. The number of esters is 1. The fraction of sp³-hybridized carbons (Fsp3) is 0.467. The molecule has 1 aliphatic rings. The topological polar surface area (TPSA) is 46.6 Å². The van der Waals surface area contributed by atoms with Crippen LogP contribution in [-0.4, -0.2) is 36.5 Å². The first-order chi connectivity index (χ1) is 10.1. The summed E-state index contributed by atoms with van der Waals surface area (Å²) >= 11 is 7.27. The van der Waals surface area contributed by atoms with Gasteiger partial charge in [0.05, 0.1) is 16.9 Å². The number of hydrogen-bond donors (Lipinski definition) is 0. The van der Waals surface area contributed by atoms with Crippen LogP contribution in [0.1, 0.15) is 24.6 Å². The van der Waals surface area contributed by atoms with Crippen molar-refractivity contribution >= 4 is 40.9 Å². The average molecular weight is 328 g/mol. The van der Waals surface area contributed by atoms with Gasteiger partial charge in [-0.1, -0.05) is 11.6 Å². The number of carbonyl (C=O) groups excluding carboxylic acids is 2. The SMILES string of the molecule is CCOC(=O)C1CCN(C(=O)/C=C/c2ccc(Cl)s2)CC1. The van der Waals surface area contributed by atoms with Crippen LogP contribution < -0.4 is 0 Å². The Morgan fingerprint density at radius 3 is 2.71 bits per heavy atom. The van der Waals surface area contributed by atoms with Crippen molar-refractivity contribution in [2.24, 2.45) is 5.92 Å². The van der Waals surface area contributed by atoms with Crippen molar-refractivity contribution in [3.63, 3.8) is 0 Å². The predicted octanol–water partition coefficient (Wildman–Crippen LogP) is 3.22. The Labute approximate surface area is 133 Å². The van der Waals surface area contributed by atoms with Gasteiger partial charge >= 0.3 is 5.97 Å². The third-order valence-corrected chi connectivity index (χ3v) is 4.61. The van der Waals surface area contributed by atoms with E-state index in [9.17, 15) is 9.59 Å². The van der Waals surface area contributed by atoms with Gasteiger partial charge in [0.25, 0.3) is 0 Å². The number of carbonyl (C=O) groups is 2. The molecular weight excluding hydrogens is 310 g/mol. The molecule has 0 N–H and O–H groups in total. The van der Waals surface area contributed by atoms with Crippen molar-refractivity contribution in [1.82, 2.24) is 4.90 Å². The average Bonchev–Trinajstić information content (AvgIpc) is 2.91. The minimum Gasteiger partial charge on any atom is -0.466 e. The largest absolute Gasteiger partial charge is 0.466 e. The molecule has 1 saturated heterocycles. The van der Waals surface area contributed by atoms with Crippen molar-refractivity contribution in [3.8, 4) is 0 Å². The minimum atomic E-state index is -0.145. The Morgan fingerprint density at radius 1 is 1.43 bits per heavy atom. The molecule has 1 aromatic heterocycles. The normalized spacial score (nSPS) is 16.4. The standard InChI is InChI=1S/C15H18ClNO3S/c1-2-20-15(19)11-7-9-17(10-8-11)14(18)6-4-12-3-5-13(16)21-12/h3-6,11H,2,7-10H2,1H3/b6-4+. The van der Waals surface area contributed by atoms with E-state index in [1.54, 1.807) is 30.0 Å². The molecule has 0 radical (unpaired) electrons. The summed E-state index contributed by atoms with van der Waals surface area (Å²) in [7, 11) is 0. The molecule has 4 nitrogen and oxygen atoms in total. The predicted molar refractivity (Wildman–Crippen MR) is 84.3 cm³/mol. The lowest BCUT2D eigenvalue weighted by atomic mass is 9.97. The van der Waals surface area contributed by atoms with Crippen molar-refractivity contribution in [1.29, 1.82) is 0 Å². The summed E-state index contributed by atoms with van der Waals surface area (Å²) in [6.07, 6.45) is 4.68. The van der Waals surface area contributed by atoms with Gasteiger partial charge in [0, 0.05) is 24.0 Å². The molecule has 0 aromatic carbocycles. The zero-order valence-corrected chi connectivity index (χ0v) is 13.5. The summed E-state index contributed by atoms with van der Waals surface area (Å²) in [5.41, 5.74) is 0. The van der Waals surface area contributed by atoms with Crippen molar-refractivity contribution in [2.45, 2.75) is 19.8 Å². The summed E-state index contributed by atoms with van der Waals surface area (Å²) in [6.45, 7) is 3.40. The molecule has 0 bridgehead atoms. The van der Waals surface area contributed by atoms with E-state index in [2.05, 4.69) is 0 Å². The van der Waals surface area contributed by atoms with Crippen molar-refractivity contribution < 1.29 is 14.3 Å². The summed E-state index contributed by atoms with van der Waals surface area (Å²) in [6, 6.07) is 3.69. The van der Waals surface area contributed by atoms with E-state index < -0.39 is 0 Å². The molecule has 6 heteroatoms.